The molecule has 1 amide bonds. The maximum atomic E-state index is 12.1. The van der Waals surface area contributed by atoms with Gasteiger partial charge in [0.15, 0.2) is 0 Å². The van der Waals surface area contributed by atoms with Gasteiger partial charge in [0.25, 0.3) is 0 Å². The number of amides is 1. The summed E-state index contributed by atoms with van der Waals surface area (Å²) in [4.78, 5) is 33.8. The number of phosphoric ester groups is 1. The molecule has 0 aromatic rings. The van der Waals surface area contributed by atoms with Gasteiger partial charge in [-0.2, -0.15) is 0 Å². The smallest absolute Gasteiger partial charge is 0.463 e. The van der Waals surface area contributed by atoms with Crippen LogP contribution in [-0.2, 0) is 27.9 Å². The van der Waals surface area contributed by atoms with E-state index in [1.165, 1.54) is 51.4 Å². The van der Waals surface area contributed by atoms with Crippen molar-refractivity contribution in [3.05, 3.63) is 60.8 Å². The third-order valence-electron chi connectivity index (χ3n) is 8.18. The summed E-state index contributed by atoms with van der Waals surface area (Å²) in [5.74, 6) is -0.559. The minimum atomic E-state index is -4.43. The number of unbranched alkanes of at least 4 members (excludes halogenated alkanes) is 14. The van der Waals surface area contributed by atoms with Gasteiger partial charge in [0, 0.05) is 19.4 Å². The summed E-state index contributed by atoms with van der Waals surface area (Å²) in [6, 6.07) is 0. The second-order valence-electron chi connectivity index (χ2n) is 13.2. The van der Waals surface area contributed by atoms with Crippen LogP contribution in [0.3, 0.4) is 0 Å². The largest absolute Gasteiger partial charge is 0.472 e. The second kappa shape index (κ2) is 38.4. The first-order valence-corrected chi connectivity index (χ1v) is 21.8. The number of carbonyl (C=O) groups excluding carboxylic acids is 2. The standard InChI is InChI=1S/C42H74NO8P/c1-3-5-7-9-11-13-15-17-18-19-20-21-23-25-27-29-31-33-35-42(46)49-38-40(44)39-51-52(47,48)50-37-36-43-41(45)34-32-30-28-26-24-22-16-14-12-10-8-6-4-2/h6,8,12-15,18-19,22,24,40,44H,3-5,7,9-11,16-17,20-21,23,25-39H2,1-2H3,(H,43,45)(H,47,48)/b8-6-,14-12-,15-13-,19-18-,24-22-. The molecule has 0 aliphatic heterocycles. The minimum Gasteiger partial charge on any atom is -0.463 e. The van der Waals surface area contributed by atoms with Crippen LogP contribution in [-0.4, -0.2) is 54.3 Å². The van der Waals surface area contributed by atoms with Crippen LogP contribution in [0, 0.1) is 0 Å². The fraction of sp³-hybridized carbons (Fsp3) is 0.714. The number of esters is 1. The van der Waals surface area contributed by atoms with E-state index in [4.69, 9.17) is 13.8 Å². The van der Waals surface area contributed by atoms with Crippen molar-refractivity contribution in [1.29, 1.82) is 0 Å². The summed E-state index contributed by atoms with van der Waals surface area (Å²) < 4.78 is 26.8. The molecule has 0 saturated heterocycles. The number of aliphatic hydroxyl groups is 1. The van der Waals surface area contributed by atoms with Crippen LogP contribution >= 0.6 is 7.82 Å². The van der Waals surface area contributed by atoms with E-state index in [2.05, 4.69) is 79.9 Å². The van der Waals surface area contributed by atoms with Crippen LogP contribution in [0.1, 0.15) is 162 Å². The zero-order valence-electron chi connectivity index (χ0n) is 32.7. The van der Waals surface area contributed by atoms with Gasteiger partial charge in [0.05, 0.1) is 13.2 Å². The lowest BCUT2D eigenvalue weighted by Crippen LogP contribution is -2.27. The second-order valence-corrected chi connectivity index (χ2v) is 14.7. The summed E-state index contributed by atoms with van der Waals surface area (Å²) in [7, 11) is -4.43. The number of carbonyl (C=O) groups is 2. The molecule has 52 heavy (non-hydrogen) atoms. The number of phosphoric acid groups is 1. The highest BCUT2D eigenvalue weighted by Crippen LogP contribution is 2.42. The maximum absolute atomic E-state index is 12.1. The van der Waals surface area contributed by atoms with Gasteiger partial charge in [-0.15, -0.1) is 0 Å². The average molecular weight is 752 g/mol. The quantitative estimate of drug-likeness (QED) is 0.0247. The minimum absolute atomic E-state index is 0.0621. The predicted molar refractivity (Wildman–Crippen MR) is 215 cm³/mol. The Balaban J connectivity index is 3.67. The molecule has 0 aliphatic carbocycles. The Labute approximate surface area is 317 Å². The summed E-state index contributed by atoms with van der Waals surface area (Å²) in [5, 5.41) is 12.6. The third-order valence-corrected chi connectivity index (χ3v) is 9.17. The van der Waals surface area contributed by atoms with E-state index in [9.17, 15) is 24.2 Å². The number of allylic oxidation sites excluding steroid dienone is 10. The van der Waals surface area contributed by atoms with E-state index in [0.29, 0.717) is 6.42 Å². The van der Waals surface area contributed by atoms with Gasteiger partial charge in [0.1, 0.15) is 12.7 Å². The molecule has 0 aliphatic rings. The number of hydrogen-bond acceptors (Lipinski definition) is 7. The Morgan fingerprint density at radius 3 is 1.67 bits per heavy atom. The monoisotopic (exact) mass is 752 g/mol. The van der Waals surface area contributed by atoms with Crippen molar-refractivity contribution >= 4 is 19.7 Å². The highest BCUT2D eigenvalue weighted by Gasteiger charge is 2.23. The highest BCUT2D eigenvalue weighted by molar-refractivity contribution is 7.47. The van der Waals surface area contributed by atoms with Crippen molar-refractivity contribution in [3.8, 4) is 0 Å². The van der Waals surface area contributed by atoms with Gasteiger partial charge in [-0.25, -0.2) is 4.57 Å². The maximum Gasteiger partial charge on any atom is 0.472 e. The van der Waals surface area contributed by atoms with Gasteiger partial charge in [-0.05, 0) is 77.0 Å². The molecule has 0 radical (unpaired) electrons. The van der Waals surface area contributed by atoms with E-state index in [-0.39, 0.29) is 32.1 Å². The molecule has 0 spiro atoms. The molecule has 3 N–H and O–H groups in total. The van der Waals surface area contributed by atoms with Crippen LogP contribution in [0.2, 0.25) is 0 Å². The molecule has 0 fully saturated rings. The van der Waals surface area contributed by atoms with Crippen LogP contribution in [0.4, 0.5) is 0 Å². The molecule has 9 nitrogen and oxygen atoms in total. The number of hydrogen-bond donors (Lipinski definition) is 3. The number of ether oxygens (including phenoxy) is 1. The molecular formula is C42H74NO8P. The van der Waals surface area contributed by atoms with E-state index < -0.39 is 26.5 Å². The number of rotatable bonds is 37. The molecule has 2 atom stereocenters. The molecule has 0 aromatic heterocycles. The topological polar surface area (TPSA) is 131 Å². The zero-order chi connectivity index (χ0) is 38.2. The molecule has 0 heterocycles. The van der Waals surface area contributed by atoms with E-state index in [0.717, 1.165) is 83.5 Å². The van der Waals surface area contributed by atoms with Crippen molar-refractivity contribution in [2.24, 2.45) is 0 Å². The van der Waals surface area contributed by atoms with Gasteiger partial charge in [-0.1, -0.05) is 132 Å². The van der Waals surface area contributed by atoms with E-state index in [1.807, 2.05) is 0 Å². The first-order valence-electron chi connectivity index (χ1n) is 20.3. The van der Waals surface area contributed by atoms with Crippen molar-refractivity contribution in [1.82, 2.24) is 5.32 Å². The Bertz CT molecular complexity index is 1040. The molecule has 2 unspecified atom stereocenters. The molecule has 0 aromatic carbocycles. The molecule has 0 saturated carbocycles. The molecule has 0 bridgehead atoms. The molecule has 10 heteroatoms. The Kier molecular flexibility index (Phi) is 36.7. The lowest BCUT2D eigenvalue weighted by atomic mass is 10.1. The summed E-state index contributed by atoms with van der Waals surface area (Å²) in [5.41, 5.74) is 0. The molecular weight excluding hydrogens is 677 g/mol. The Hall–Kier alpha value is -2.29. The van der Waals surface area contributed by atoms with Crippen LogP contribution in [0.15, 0.2) is 60.8 Å². The molecule has 300 valence electrons. The number of aliphatic hydroxyl groups excluding tert-OH is 1. The van der Waals surface area contributed by atoms with Gasteiger partial charge in [0.2, 0.25) is 5.91 Å². The fourth-order valence-electron chi connectivity index (χ4n) is 5.13. The summed E-state index contributed by atoms with van der Waals surface area (Å²) >= 11 is 0. The zero-order valence-corrected chi connectivity index (χ0v) is 33.6. The van der Waals surface area contributed by atoms with Crippen molar-refractivity contribution < 1.29 is 37.9 Å². The predicted octanol–water partition coefficient (Wildman–Crippen LogP) is 10.9. The van der Waals surface area contributed by atoms with Crippen molar-refractivity contribution in [2.45, 2.75) is 168 Å². The van der Waals surface area contributed by atoms with E-state index >= 15 is 0 Å². The normalized spacial score (nSPS) is 14.0. The van der Waals surface area contributed by atoms with Crippen LogP contribution in [0.25, 0.3) is 0 Å². The average Bonchev–Trinajstić information content (AvgIpc) is 3.13. The lowest BCUT2D eigenvalue weighted by molar-refractivity contribution is -0.147. The van der Waals surface area contributed by atoms with E-state index in [1.54, 1.807) is 0 Å². The Morgan fingerprint density at radius 1 is 0.615 bits per heavy atom. The summed E-state index contributed by atoms with van der Waals surface area (Å²) in [6.45, 7) is 3.36. The molecule has 0 rings (SSSR count). The number of nitrogens with one attached hydrogen (secondary N) is 1. The first-order chi connectivity index (χ1) is 25.3. The Morgan fingerprint density at radius 2 is 1.10 bits per heavy atom. The van der Waals surface area contributed by atoms with Crippen LogP contribution < -0.4 is 5.32 Å². The first kappa shape index (κ1) is 49.7. The van der Waals surface area contributed by atoms with Crippen molar-refractivity contribution in [2.75, 3.05) is 26.4 Å². The highest BCUT2D eigenvalue weighted by atomic mass is 31.2. The lowest BCUT2D eigenvalue weighted by Gasteiger charge is -2.15. The van der Waals surface area contributed by atoms with Gasteiger partial charge in [-0.3, -0.25) is 18.6 Å². The summed E-state index contributed by atoms with van der Waals surface area (Å²) in [6.07, 6.45) is 44.4. The van der Waals surface area contributed by atoms with Gasteiger partial charge >= 0.3 is 13.8 Å². The van der Waals surface area contributed by atoms with Gasteiger partial charge < -0.3 is 20.1 Å². The van der Waals surface area contributed by atoms with Crippen molar-refractivity contribution in [3.63, 3.8) is 0 Å². The fourth-order valence-corrected chi connectivity index (χ4v) is 5.89. The van der Waals surface area contributed by atoms with Crippen LogP contribution in [0.5, 0.6) is 0 Å². The third kappa shape index (κ3) is 38.9. The SMILES string of the molecule is CC/C=C\C/C=C\C/C=C\CCCCCC(=O)NCCOP(=O)(O)OCC(O)COC(=O)CCCCCCCCC/C=C\C/C=C\CCCCCC.